The third-order valence-corrected chi connectivity index (χ3v) is 5.32. The highest BCUT2D eigenvalue weighted by Gasteiger charge is 2.35. The molecule has 2 amide bonds. The van der Waals surface area contributed by atoms with Crippen LogP contribution in [0.1, 0.15) is 43.0 Å². The minimum atomic E-state index is -0.322. The maximum Gasteiger partial charge on any atom is 0.293 e. The van der Waals surface area contributed by atoms with Crippen molar-refractivity contribution in [1.29, 1.82) is 5.26 Å². The first kappa shape index (κ1) is 18.9. The Labute approximate surface area is 163 Å². The lowest BCUT2D eigenvalue weighted by Crippen LogP contribution is -2.27. The highest BCUT2D eigenvalue weighted by Crippen LogP contribution is 2.34. The quantitative estimate of drug-likeness (QED) is 0.700. The molecular formula is C22H20N2O2S. The van der Waals surface area contributed by atoms with Crippen LogP contribution in [-0.4, -0.2) is 16.0 Å². The van der Waals surface area contributed by atoms with Gasteiger partial charge in [0.2, 0.25) is 0 Å². The second kappa shape index (κ2) is 7.42. The third kappa shape index (κ3) is 4.12. The van der Waals surface area contributed by atoms with Gasteiger partial charge in [-0.25, -0.2) is 0 Å². The van der Waals surface area contributed by atoms with Crippen LogP contribution in [0.2, 0.25) is 0 Å². The normalized spacial score (nSPS) is 16.1. The van der Waals surface area contributed by atoms with E-state index >= 15 is 0 Å². The lowest BCUT2D eigenvalue weighted by Gasteiger charge is -2.18. The van der Waals surface area contributed by atoms with E-state index in [4.69, 9.17) is 0 Å². The topological polar surface area (TPSA) is 61.2 Å². The van der Waals surface area contributed by atoms with Crippen molar-refractivity contribution in [3.05, 3.63) is 75.7 Å². The highest BCUT2D eigenvalue weighted by molar-refractivity contribution is 8.18. The Morgan fingerprint density at radius 2 is 1.74 bits per heavy atom. The fourth-order valence-electron chi connectivity index (χ4n) is 2.80. The Hall–Kier alpha value is -2.84. The summed E-state index contributed by atoms with van der Waals surface area (Å²) in [7, 11) is 0. The molecule has 0 radical (unpaired) electrons. The van der Waals surface area contributed by atoms with Gasteiger partial charge in [-0.2, -0.15) is 5.26 Å². The molecule has 0 aliphatic carbocycles. The van der Waals surface area contributed by atoms with E-state index in [-0.39, 0.29) is 23.1 Å². The molecule has 0 spiro atoms. The molecule has 1 aliphatic heterocycles. The Bertz CT molecular complexity index is 963. The van der Waals surface area contributed by atoms with Crippen LogP contribution in [0.3, 0.4) is 0 Å². The van der Waals surface area contributed by atoms with Gasteiger partial charge in [0, 0.05) is 0 Å². The van der Waals surface area contributed by atoms with Gasteiger partial charge in [0.25, 0.3) is 11.1 Å². The minimum absolute atomic E-state index is 0.0600. The van der Waals surface area contributed by atoms with Crippen molar-refractivity contribution in [2.45, 2.75) is 32.7 Å². The van der Waals surface area contributed by atoms with Crippen LogP contribution < -0.4 is 0 Å². The monoisotopic (exact) mass is 376 g/mol. The highest BCUT2D eigenvalue weighted by atomic mass is 32.2. The molecule has 0 bridgehead atoms. The average molecular weight is 376 g/mol. The van der Waals surface area contributed by atoms with Gasteiger partial charge in [-0.1, -0.05) is 63.2 Å². The molecule has 27 heavy (non-hydrogen) atoms. The number of thioether (sulfide) groups is 1. The first-order valence-electron chi connectivity index (χ1n) is 8.63. The number of imide groups is 1. The van der Waals surface area contributed by atoms with Crippen LogP contribution in [0.15, 0.2) is 53.4 Å². The molecule has 0 N–H and O–H groups in total. The maximum absolute atomic E-state index is 12.7. The predicted molar refractivity (Wildman–Crippen MR) is 108 cm³/mol. The molecule has 3 rings (SSSR count). The summed E-state index contributed by atoms with van der Waals surface area (Å²) in [4.78, 5) is 26.6. The zero-order valence-corrected chi connectivity index (χ0v) is 16.3. The minimum Gasteiger partial charge on any atom is -0.268 e. The number of carbonyl (C=O) groups excluding carboxylic acids is 2. The molecule has 136 valence electrons. The predicted octanol–water partition coefficient (Wildman–Crippen LogP) is 5.09. The van der Waals surface area contributed by atoms with E-state index in [1.54, 1.807) is 30.3 Å². The summed E-state index contributed by atoms with van der Waals surface area (Å²) in [5.41, 5.74) is 3.29. The van der Waals surface area contributed by atoms with E-state index in [0.717, 1.165) is 17.3 Å². The lowest BCUT2D eigenvalue weighted by atomic mass is 9.87. The van der Waals surface area contributed by atoms with Crippen LogP contribution in [0.25, 0.3) is 6.08 Å². The van der Waals surface area contributed by atoms with Crippen molar-refractivity contribution in [1.82, 2.24) is 4.90 Å². The number of nitriles is 1. The summed E-state index contributed by atoms with van der Waals surface area (Å²) in [5, 5.41) is 8.88. The van der Waals surface area contributed by atoms with Crippen LogP contribution >= 0.6 is 11.8 Å². The summed E-state index contributed by atoms with van der Waals surface area (Å²) in [6, 6.07) is 17.1. The van der Waals surface area contributed by atoms with Gasteiger partial charge in [0.15, 0.2) is 0 Å². The number of amides is 2. The van der Waals surface area contributed by atoms with E-state index in [9.17, 15) is 14.9 Å². The number of carbonyl (C=O) groups is 2. The summed E-state index contributed by atoms with van der Waals surface area (Å²) < 4.78 is 0. The van der Waals surface area contributed by atoms with E-state index in [1.165, 1.54) is 10.5 Å². The Morgan fingerprint density at radius 3 is 2.37 bits per heavy atom. The first-order chi connectivity index (χ1) is 12.8. The Balaban J connectivity index is 1.81. The smallest absolute Gasteiger partial charge is 0.268 e. The first-order valence-corrected chi connectivity index (χ1v) is 9.45. The van der Waals surface area contributed by atoms with E-state index < -0.39 is 0 Å². The largest absolute Gasteiger partial charge is 0.293 e. The fourth-order valence-corrected chi connectivity index (χ4v) is 3.64. The number of rotatable bonds is 3. The molecule has 1 saturated heterocycles. The van der Waals surface area contributed by atoms with Crippen molar-refractivity contribution in [2.24, 2.45) is 0 Å². The number of nitrogens with zero attached hydrogens (tertiary/aromatic N) is 2. The summed E-state index contributed by atoms with van der Waals surface area (Å²) in [5.74, 6) is -0.322. The van der Waals surface area contributed by atoms with Crippen LogP contribution in [0, 0.1) is 11.3 Å². The fraction of sp³-hybridized carbons (Fsp3) is 0.227. The SMILES string of the molecule is CC(C)(C)c1ccc(/C=C2/SC(=O)N(Cc3ccccc3C#N)C2=O)cc1. The molecule has 0 unspecified atom stereocenters. The van der Waals surface area contributed by atoms with Crippen molar-refractivity contribution >= 4 is 29.0 Å². The molecule has 0 aromatic heterocycles. The van der Waals surface area contributed by atoms with E-state index in [1.807, 2.05) is 24.3 Å². The lowest BCUT2D eigenvalue weighted by molar-refractivity contribution is -0.123. The molecular weight excluding hydrogens is 356 g/mol. The molecule has 0 atom stereocenters. The third-order valence-electron chi connectivity index (χ3n) is 4.41. The van der Waals surface area contributed by atoms with Crippen molar-refractivity contribution in [2.75, 3.05) is 0 Å². The van der Waals surface area contributed by atoms with Gasteiger partial charge >= 0.3 is 0 Å². The van der Waals surface area contributed by atoms with Crippen LogP contribution in [-0.2, 0) is 16.8 Å². The number of benzene rings is 2. The zero-order valence-electron chi connectivity index (χ0n) is 15.5. The molecule has 5 heteroatoms. The van der Waals surface area contributed by atoms with Crippen LogP contribution in [0.4, 0.5) is 4.79 Å². The molecule has 0 saturated carbocycles. The molecule has 1 aliphatic rings. The van der Waals surface area contributed by atoms with Crippen molar-refractivity contribution < 1.29 is 9.59 Å². The van der Waals surface area contributed by atoms with E-state index in [2.05, 4.69) is 26.8 Å². The van der Waals surface area contributed by atoms with Crippen LogP contribution in [0.5, 0.6) is 0 Å². The summed E-state index contributed by atoms with van der Waals surface area (Å²) in [6.45, 7) is 6.54. The van der Waals surface area contributed by atoms with Gasteiger partial charge in [-0.05, 0) is 46.0 Å². The second-order valence-electron chi connectivity index (χ2n) is 7.41. The Kier molecular flexibility index (Phi) is 5.20. The maximum atomic E-state index is 12.7. The van der Waals surface area contributed by atoms with Gasteiger partial charge < -0.3 is 0 Å². The Morgan fingerprint density at radius 1 is 1.07 bits per heavy atom. The number of hydrogen-bond donors (Lipinski definition) is 0. The van der Waals surface area contributed by atoms with Gasteiger partial charge in [0.1, 0.15) is 0 Å². The molecule has 1 heterocycles. The summed E-state index contributed by atoms with van der Waals surface area (Å²) in [6.07, 6.45) is 1.74. The average Bonchev–Trinajstić information content (AvgIpc) is 2.89. The molecule has 2 aromatic rings. The second-order valence-corrected chi connectivity index (χ2v) is 8.40. The number of hydrogen-bond acceptors (Lipinski definition) is 4. The van der Waals surface area contributed by atoms with E-state index in [0.29, 0.717) is 16.0 Å². The molecule has 2 aromatic carbocycles. The van der Waals surface area contributed by atoms with Gasteiger partial charge in [-0.3, -0.25) is 14.5 Å². The van der Waals surface area contributed by atoms with Gasteiger partial charge in [-0.15, -0.1) is 0 Å². The zero-order chi connectivity index (χ0) is 19.6. The standard InChI is InChI=1S/C22H20N2O2S/c1-22(2,3)18-10-8-15(9-11-18)12-19-20(25)24(21(26)27-19)14-17-7-5-4-6-16(17)13-23/h4-12H,14H2,1-3H3/b19-12+. The molecule has 1 fully saturated rings. The van der Waals surface area contributed by atoms with Gasteiger partial charge in [0.05, 0.1) is 23.1 Å². The summed E-state index contributed by atoms with van der Waals surface area (Å²) >= 11 is 0.935. The molecule has 4 nitrogen and oxygen atoms in total. The van der Waals surface area contributed by atoms with Crippen molar-refractivity contribution in [3.63, 3.8) is 0 Å². The van der Waals surface area contributed by atoms with Crippen molar-refractivity contribution in [3.8, 4) is 6.07 Å².